The van der Waals surface area contributed by atoms with Crippen LogP contribution in [-0.2, 0) is 16.2 Å². The van der Waals surface area contributed by atoms with Gasteiger partial charge in [0.2, 0.25) is 0 Å². The Balaban J connectivity index is 0.000000111. The maximum Gasteiger partial charge on any atom is 0.0158 e. The molecule has 3 aliphatic rings. The van der Waals surface area contributed by atoms with Crippen molar-refractivity contribution < 1.29 is 0 Å². The van der Waals surface area contributed by atoms with Gasteiger partial charge in [0.15, 0.2) is 0 Å². The Bertz CT molecular complexity index is 9280. The van der Waals surface area contributed by atoms with Crippen molar-refractivity contribution in [1.29, 1.82) is 0 Å². The molecule has 0 atom stereocenters. The standard InChI is InChI=1S/2C47H36.C46H34/c1-29-20-23-34(30(2)26-29)46-39-17-8-7-16-38(39)45(33-22-25-44-41(28-33)37-15-9-10-19-43(37)47(44,3)4)42-27-32(21-24-40(42)46)36-18-11-13-31-12-5-6-14-35(31)36;1-29-24-30(2)26-34(25-29)46-39-17-8-7-16-38(39)45(33-21-23-44-41(28-33)37-15-9-10-19-43(37)47(44,3)4)42-27-32(20-22-40(42)46)36-18-11-13-31-12-5-6-14-35(31)36;1-29-19-21-31(22-20-29)44-37-15-6-7-16-38(37)45(33-24-26-43-40(28-33)36-14-8-9-18-42(36)46(43,2)3)41-27-32(23-25-39(41)44)35-17-10-12-30-11-4-5-13-34(30)35/h2*5-28H,1-4H3;4-28H,1-3H3. The van der Waals surface area contributed by atoms with Crippen LogP contribution in [0.3, 0.4) is 0 Å². The van der Waals surface area contributed by atoms with Gasteiger partial charge in [-0.25, -0.2) is 0 Å². The highest BCUT2D eigenvalue weighted by Crippen LogP contribution is 2.58. The van der Waals surface area contributed by atoms with Crippen LogP contribution in [0.1, 0.15) is 103 Å². The van der Waals surface area contributed by atoms with E-state index in [1.165, 1.54) is 292 Å². The van der Waals surface area contributed by atoms with Crippen LogP contribution in [0.15, 0.2) is 443 Å². The van der Waals surface area contributed by atoms with Crippen LogP contribution in [0.2, 0.25) is 0 Å². The van der Waals surface area contributed by atoms with Gasteiger partial charge in [0.25, 0.3) is 0 Å². The average molecular weight is 1790 g/mol. The van der Waals surface area contributed by atoms with Crippen LogP contribution in [0, 0.1) is 34.6 Å². The normalized spacial score (nSPS) is 13.3. The maximum absolute atomic E-state index is 2.46. The number of hydrogen-bond acceptors (Lipinski definition) is 0. The van der Waals surface area contributed by atoms with Crippen LogP contribution in [0.5, 0.6) is 0 Å². The van der Waals surface area contributed by atoms with E-state index >= 15 is 0 Å². The molecule has 27 rings (SSSR count). The zero-order chi connectivity index (χ0) is 94.7. The van der Waals surface area contributed by atoms with Crippen molar-refractivity contribution in [3.8, 4) is 134 Å². The van der Waals surface area contributed by atoms with E-state index in [0.717, 1.165) is 0 Å². The maximum atomic E-state index is 2.46. The minimum absolute atomic E-state index is 0.0224. The number of rotatable bonds is 9. The fraction of sp³-hybridized carbons (Fsp3) is 0.100. The van der Waals surface area contributed by atoms with Gasteiger partial charge >= 0.3 is 0 Å². The molecular weight excluding hydrogens is 1680 g/mol. The molecule has 0 nitrogen and oxygen atoms in total. The molecule has 0 N–H and O–H groups in total. The first kappa shape index (κ1) is 85.3. The van der Waals surface area contributed by atoms with Gasteiger partial charge < -0.3 is 0 Å². The summed E-state index contributed by atoms with van der Waals surface area (Å²) in [6.07, 6.45) is 0. The summed E-state index contributed by atoms with van der Waals surface area (Å²) >= 11 is 0. The van der Waals surface area contributed by atoms with E-state index in [1.54, 1.807) is 0 Å². The quantitative estimate of drug-likeness (QED) is 0.126. The molecule has 0 aliphatic heterocycles. The molecule has 0 fully saturated rings. The highest BCUT2D eigenvalue weighted by atomic mass is 14.4. The van der Waals surface area contributed by atoms with Crippen LogP contribution in [0.25, 0.3) is 230 Å². The second-order valence-corrected chi connectivity index (χ2v) is 41.1. The Hall–Kier alpha value is -16.4. The first-order valence-electron chi connectivity index (χ1n) is 49.6. The predicted octanol–water partition coefficient (Wildman–Crippen LogP) is 38.9. The van der Waals surface area contributed by atoms with E-state index < -0.39 is 0 Å². The summed E-state index contributed by atoms with van der Waals surface area (Å²) in [5.74, 6) is 0. The van der Waals surface area contributed by atoms with Gasteiger partial charge in [-0.2, -0.15) is 0 Å². The van der Waals surface area contributed by atoms with Crippen LogP contribution < -0.4 is 0 Å². The molecule has 0 unspecified atom stereocenters. The van der Waals surface area contributed by atoms with Crippen LogP contribution in [-0.4, -0.2) is 0 Å². The Morgan fingerprint density at radius 2 is 0.386 bits per heavy atom. The largest absolute Gasteiger partial charge is 0.0619 e. The molecule has 0 bridgehead atoms. The predicted molar refractivity (Wildman–Crippen MR) is 602 cm³/mol. The van der Waals surface area contributed by atoms with E-state index in [-0.39, 0.29) is 16.2 Å². The summed E-state index contributed by atoms with van der Waals surface area (Å²) in [7, 11) is 0. The third-order valence-corrected chi connectivity index (χ3v) is 31.5. The second kappa shape index (κ2) is 33.2. The van der Waals surface area contributed by atoms with Crippen molar-refractivity contribution in [3.05, 3.63) is 504 Å². The van der Waals surface area contributed by atoms with E-state index in [4.69, 9.17) is 0 Å². The molecule has 24 aromatic carbocycles. The Kier molecular flexibility index (Phi) is 20.2. The smallest absolute Gasteiger partial charge is 0.0158 e. The number of fused-ring (bicyclic) bond motifs is 18. The third kappa shape index (κ3) is 13.8. The summed E-state index contributed by atoms with van der Waals surface area (Å²) in [5, 5.41) is 23.1. The average Bonchev–Trinajstić information content (AvgIpc) is 1.72. The molecule has 24 aromatic rings. The van der Waals surface area contributed by atoms with Gasteiger partial charge in [-0.05, 0) is 340 Å². The lowest BCUT2D eigenvalue weighted by Crippen LogP contribution is -2.14. The lowest BCUT2D eigenvalue weighted by molar-refractivity contribution is 0.660. The monoisotopic (exact) mass is 1790 g/mol. The fourth-order valence-corrected chi connectivity index (χ4v) is 24.9. The molecular formula is C140H106. The lowest BCUT2D eigenvalue weighted by atomic mass is 9.81. The molecule has 0 heteroatoms. The summed E-state index contributed by atoms with van der Waals surface area (Å²) in [6, 6.07) is 166. The van der Waals surface area contributed by atoms with Crippen LogP contribution >= 0.6 is 0 Å². The van der Waals surface area contributed by atoms with Gasteiger partial charge in [0, 0.05) is 16.2 Å². The molecule has 3 aliphatic carbocycles. The second-order valence-electron chi connectivity index (χ2n) is 41.1. The summed E-state index contributed by atoms with van der Waals surface area (Å²) < 4.78 is 0. The molecule has 0 saturated heterocycles. The summed E-state index contributed by atoms with van der Waals surface area (Å²) in [5.41, 5.74) is 45.9. The van der Waals surface area contributed by atoms with Gasteiger partial charge in [-0.15, -0.1) is 0 Å². The highest BCUT2D eigenvalue weighted by Gasteiger charge is 2.39. The lowest BCUT2D eigenvalue weighted by Gasteiger charge is -2.22. The van der Waals surface area contributed by atoms with Gasteiger partial charge in [0.05, 0.1) is 0 Å². The Morgan fingerprint density at radius 3 is 0.743 bits per heavy atom. The minimum atomic E-state index is -0.0248. The number of benzene rings is 24. The summed E-state index contributed by atoms with van der Waals surface area (Å²) in [4.78, 5) is 0. The van der Waals surface area contributed by atoms with Gasteiger partial charge in [-0.1, -0.05) is 470 Å². The van der Waals surface area contributed by atoms with Gasteiger partial charge in [0.1, 0.15) is 0 Å². The third-order valence-electron chi connectivity index (χ3n) is 31.5. The Morgan fingerprint density at radius 1 is 0.129 bits per heavy atom. The molecule has 0 radical (unpaired) electrons. The molecule has 140 heavy (non-hydrogen) atoms. The van der Waals surface area contributed by atoms with Crippen LogP contribution in [0.4, 0.5) is 0 Å². The molecule has 0 heterocycles. The van der Waals surface area contributed by atoms with Crippen molar-refractivity contribution >= 4 is 97.0 Å². The van der Waals surface area contributed by atoms with Gasteiger partial charge in [-0.3, -0.25) is 0 Å². The van der Waals surface area contributed by atoms with Crippen molar-refractivity contribution in [2.45, 2.75) is 92.4 Å². The first-order valence-corrected chi connectivity index (χ1v) is 49.6. The molecule has 0 amide bonds. The van der Waals surface area contributed by atoms with Crippen molar-refractivity contribution in [2.75, 3.05) is 0 Å². The van der Waals surface area contributed by atoms with E-state index in [9.17, 15) is 0 Å². The van der Waals surface area contributed by atoms with Crippen molar-refractivity contribution in [2.24, 2.45) is 0 Å². The van der Waals surface area contributed by atoms with E-state index in [2.05, 4.69) is 519 Å². The Labute approximate surface area is 820 Å². The molecule has 0 spiro atoms. The SMILES string of the molecule is Cc1cc(C)cc(-c2c3ccccc3c(-c3ccc4c(c3)-c3ccccc3C4(C)C)c3cc(-c4cccc5ccccc45)ccc23)c1.Cc1ccc(-c2c3ccccc3c(-c3ccc4c(c3)-c3ccccc3C4(C)C)c3cc(-c4cccc5ccccc45)ccc23)c(C)c1.Cc1ccc(-c2c3ccccc3c(-c3ccc4c(c3)-c3ccccc3C4(C)C)c3cc(-c4cccc5ccccc45)ccc23)cc1. The van der Waals surface area contributed by atoms with Crippen molar-refractivity contribution in [1.82, 2.24) is 0 Å². The van der Waals surface area contributed by atoms with E-state index in [1.807, 2.05) is 0 Å². The number of aryl methyl sites for hydroxylation is 5. The fourth-order valence-electron chi connectivity index (χ4n) is 24.9. The first-order chi connectivity index (χ1) is 68.3. The zero-order valence-corrected chi connectivity index (χ0v) is 81.1. The minimum Gasteiger partial charge on any atom is -0.0619 e. The van der Waals surface area contributed by atoms with Crippen molar-refractivity contribution in [3.63, 3.8) is 0 Å². The topological polar surface area (TPSA) is 0 Å². The highest BCUT2D eigenvalue weighted by molar-refractivity contribution is 6.26. The van der Waals surface area contributed by atoms with E-state index in [0.29, 0.717) is 0 Å². The molecule has 0 aromatic heterocycles. The summed E-state index contributed by atoms with van der Waals surface area (Å²) in [6.45, 7) is 25.1. The molecule has 0 saturated carbocycles. The number of hydrogen-bond donors (Lipinski definition) is 0. The molecule has 666 valence electrons. The zero-order valence-electron chi connectivity index (χ0n) is 81.1.